The van der Waals surface area contributed by atoms with Crippen LogP contribution in [0.1, 0.15) is 37.7 Å². The lowest BCUT2D eigenvalue weighted by molar-refractivity contribution is 0.419. The highest BCUT2D eigenvalue weighted by molar-refractivity contribution is 7.83. The van der Waals surface area contributed by atoms with Crippen LogP contribution in [0.3, 0.4) is 0 Å². The number of nitrogens with two attached hydrogens (primary N) is 1. The van der Waals surface area contributed by atoms with Crippen molar-refractivity contribution in [1.82, 2.24) is 4.72 Å². The average Bonchev–Trinajstić information content (AvgIpc) is 2.54. The number of hydrogen-bond donors (Lipinski definition) is 2. The van der Waals surface area contributed by atoms with Crippen LogP contribution in [0, 0.1) is 0 Å². The van der Waals surface area contributed by atoms with Crippen molar-refractivity contribution < 1.29 is 4.21 Å². The van der Waals surface area contributed by atoms with Crippen molar-refractivity contribution in [3.8, 4) is 0 Å². The van der Waals surface area contributed by atoms with Crippen molar-refractivity contribution in [2.24, 2.45) is 5.73 Å². The van der Waals surface area contributed by atoms with Crippen molar-refractivity contribution in [3.63, 3.8) is 0 Å². The molecular weight excluding hydrogens is 280 g/mol. The van der Waals surface area contributed by atoms with E-state index in [9.17, 15) is 4.21 Å². The van der Waals surface area contributed by atoms with Crippen molar-refractivity contribution in [2.75, 3.05) is 0 Å². The maximum Gasteiger partial charge on any atom is 0.125 e. The third kappa shape index (κ3) is 3.18. The molecule has 0 saturated heterocycles. The fourth-order valence-electron chi connectivity index (χ4n) is 3.11. The maximum absolute atomic E-state index is 12.7. The van der Waals surface area contributed by atoms with Gasteiger partial charge >= 0.3 is 0 Å². The molecule has 1 aliphatic carbocycles. The molecule has 0 amide bonds. The molecular formula is C17H22N2OS. The molecule has 3 rings (SSSR count). The normalized spacial score (nSPS) is 18.0. The van der Waals surface area contributed by atoms with Gasteiger partial charge in [0.05, 0.1) is 4.90 Å². The van der Waals surface area contributed by atoms with Crippen LogP contribution in [0.4, 0.5) is 0 Å². The molecule has 0 heterocycles. The molecule has 0 bridgehead atoms. The van der Waals surface area contributed by atoms with Crippen LogP contribution in [0.2, 0.25) is 0 Å². The average molecular weight is 302 g/mol. The minimum Gasteiger partial charge on any atom is -0.326 e. The Morgan fingerprint density at radius 1 is 1.05 bits per heavy atom. The number of nitrogens with one attached hydrogen (secondary N) is 1. The Balaban J connectivity index is 1.91. The van der Waals surface area contributed by atoms with Crippen LogP contribution in [0.5, 0.6) is 0 Å². The van der Waals surface area contributed by atoms with Crippen LogP contribution in [0.25, 0.3) is 10.8 Å². The second-order valence-electron chi connectivity index (χ2n) is 5.69. The van der Waals surface area contributed by atoms with Gasteiger partial charge in [-0.05, 0) is 35.2 Å². The van der Waals surface area contributed by atoms with Gasteiger partial charge in [0, 0.05) is 12.6 Å². The predicted octanol–water partition coefficient (Wildman–Crippen LogP) is 3.24. The fraction of sp³-hybridized carbons (Fsp3) is 0.412. The van der Waals surface area contributed by atoms with Gasteiger partial charge in [0.15, 0.2) is 0 Å². The first-order valence-electron chi connectivity index (χ1n) is 7.68. The van der Waals surface area contributed by atoms with E-state index in [-0.39, 0.29) is 0 Å². The molecule has 2 aromatic rings. The van der Waals surface area contributed by atoms with Gasteiger partial charge in [-0.1, -0.05) is 49.6 Å². The van der Waals surface area contributed by atoms with Gasteiger partial charge in [-0.3, -0.25) is 0 Å². The topological polar surface area (TPSA) is 55.1 Å². The van der Waals surface area contributed by atoms with E-state index in [4.69, 9.17) is 5.73 Å². The van der Waals surface area contributed by atoms with Crippen molar-refractivity contribution >= 4 is 21.8 Å². The minimum atomic E-state index is -1.16. The highest BCUT2D eigenvalue weighted by Crippen LogP contribution is 2.26. The molecule has 0 aromatic heterocycles. The lowest BCUT2D eigenvalue weighted by Gasteiger charge is -2.22. The lowest BCUT2D eigenvalue weighted by atomic mass is 9.96. The molecule has 3 N–H and O–H groups in total. The Morgan fingerprint density at radius 3 is 2.48 bits per heavy atom. The zero-order valence-electron chi connectivity index (χ0n) is 12.2. The van der Waals surface area contributed by atoms with Crippen molar-refractivity contribution in [1.29, 1.82) is 0 Å². The van der Waals surface area contributed by atoms with Gasteiger partial charge in [0.25, 0.3) is 0 Å². The monoisotopic (exact) mass is 302 g/mol. The van der Waals surface area contributed by atoms with E-state index >= 15 is 0 Å². The molecule has 4 heteroatoms. The molecule has 112 valence electrons. The molecule has 1 atom stereocenters. The molecule has 0 aliphatic heterocycles. The summed E-state index contributed by atoms with van der Waals surface area (Å²) in [7, 11) is -1.16. The summed E-state index contributed by atoms with van der Waals surface area (Å²) in [6.07, 6.45) is 6.04. The Kier molecular flexibility index (Phi) is 4.68. The maximum atomic E-state index is 12.7. The number of hydrogen-bond acceptors (Lipinski definition) is 2. The van der Waals surface area contributed by atoms with E-state index in [1.807, 2.05) is 30.3 Å². The van der Waals surface area contributed by atoms with Crippen LogP contribution in [-0.2, 0) is 17.5 Å². The molecule has 0 spiro atoms. The number of rotatable bonds is 4. The first-order chi connectivity index (χ1) is 10.3. The van der Waals surface area contributed by atoms with E-state index in [0.717, 1.165) is 34.1 Å². The Bertz CT molecular complexity index is 650. The molecule has 1 unspecified atom stereocenters. The van der Waals surface area contributed by atoms with Crippen molar-refractivity contribution in [3.05, 3.63) is 42.0 Å². The highest BCUT2D eigenvalue weighted by atomic mass is 32.2. The van der Waals surface area contributed by atoms with Gasteiger partial charge in [0.2, 0.25) is 0 Å². The van der Waals surface area contributed by atoms with E-state index < -0.39 is 11.0 Å². The summed E-state index contributed by atoms with van der Waals surface area (Å²) in [5.74, 6) is 0. The SMILES string of the molecule is NCc1ccc(S(=O)NC2CCCCC2)c2ccccc12. The summed E-state index contributed by atoms with van der Waals surface area (Å²) >= 11 is 0. The fourth-order valence-corrected chi connectivity index (χ4v) is 4.34. The predicted molar refractivity (Wildman–Crippen MR) is 88.3 cm³/mol. The third-order valence-corrected chi connectivity index (χ3v) is 5.58. The van der Waals surface area contributed by atoms with Gasteiger partial charge < -0.3 is 5.73 Å². The Labute approximate surface area is 128 Å². The van der Waals surface area contributed by atoms with Gasteiger partial charge in [-0.15, -0.1) is 0 Å². The summed E-state index contributed by atoms with van der Waals surface area (Å²) in [6.45, 7) is 0.503. The summed E-state index contributed by atoms with van der Waals surface area (Å²) in [4.78, 5) is 0.869. The third-order valence-electron chi connectivity index (χ3n) is 4.27. The zero-order valence-corrected chi connectivity index (χ0v) is 13.0. The van der Waals surface area contributed by atoms with Crippen LogP contribution < -0.4 is 10.5 Å². The van der Waals surface area contributed by atoms with Crippen LogP contribution in [-0.4, -0.2) is 10.3 Å². The molecule has 21 heavy (non-hydrogen) atoms. The van der Waals surface area contributed by atoms with Gasteiger partial charge in [-0.25, -0.2) is 8.93 Å². The lowest BCUT2D eigenvalue weighted by Crippen LogP contribution is -2.32. The van der Waals surface area contributed by atoms with E-state index in [1.165, 1.54) is 19.3 Å². The summed E-state index contributed by atoms with van der Waals surface area (Å²) < 4.78 is 16.0. The van der Waals surface area contributed by atoms with E-state index in [2.05, 4.69) is 10.8 Å². The summed E-state index contributed by atoms with van der Waals surface area (Å²) in [5.41, 5.74) is 6.90. The molecule has 1 fully saturated rings. The second-order valence-corrected chi connectivity index (χ2v) is 6.91. The van der Waals surface area contributed by atoms with Crippen LogP contribution >= 0.6 is 0 Å². The van der Waals surface area contributed by atoms with Gasteiger partial charge in [0.1, 0.15) is 11.0 Å². The summed E-state index contributed by atoms with van der Waals surface area (Å²) in [6, 6.07) is 12.4. The van der Waals surface area contributed by atoms with Crippen molar-refractivity contribution in [2.45, 2.75) is 49.6 Å². The molecule has 1 saturated carbocycles. The highest BCUT2D eigenvalue weighted by Gasteiger charge is 2.17. The molecule has 1 aliphatic rings. The Morgan fingerprint density at radius 2 is 1.76 bits per heavy atom. The minimum absolute atomic E-state index is 0.382. The molecule has 0 radical (unpaired) electrons. The largest absolute Gasteiger partial charge is 0.326 e. The quantitative estimate of drug-likeness (QED) is 0.911. The van der Waals surface area contributed by atoms with E-state index in [1.54, 1.807) is 0 Å². The number of benzene rings is 2. The smallest absolute Gasteiger partial charge is 0.125 e. The first-order valence-corrected chi connectivity index (χ1v) is 8.83. The van der Waals surface area contributed by atoms with E-state index in [0.29, 0.717) is 12.6 Å². The Hall–Kier alpha value is -1.23. The summed E-state index contributed by atoms with van der Waals surface area (Å²) in [5, 5.41) is 2.15. The van der Waals surface area contributed by atoms with Crippen LogP contribution in [0.15, 0.2) is 41.3 Å². The first kappa shape index (κ1) is 14.7. The standard InChI is InChI=1S/C17H22N2OS/c18-12-13-10-11-17(16-9-5-4-8-15(13)16)21(20)19-14-6-2-1-3-7-14/h4-5,8-11,14,19H,1-3,6-7,12,18H2. The molecule has 3 nitrogen and oxygen atoms in total. The molecule has 2 aromatic carbocycles. The number of fused-ring (bicyclic) bond motifs is 1. The van der Waals surface area contributed by atoms with Gasteiger partial charge in [-0.2, -0.15) is 0 Å². The zero-order chi connectivity index (χ0) is 14.7. The second kappa shape index (κ2) is 6.69.